The second-order valence-corrected chi connectivity index (χ2v) is 4.38. The van der Waals surface area contributed by atoms with Gasteiger partial charge in [0.2, 0.25) is 0 Å². The van der Waals surface area contributed by atoms with Crippen molar-refractivity contribution in [3.05, 3.63) is 40.2 Å². The van der Waals surface area contributed by atoms with Crippen LogP contribution in [-0.2, 0) is 6.42 Å². The Balaban J connectivity index is 2.16. The minimum atomic E-state index is -0.448. The number of aromatic hydroxyl groups is 1. The molecule has 1 aromatic carbocycles. The average Bonchev–Trinajstić information content (AvgIpc) is 2.42. The standard InChI is InChI=1S/C15H18O3/c1-2-3-4-5-9-12-14(16)11-8-6-7-10-13(11)18-15(12)17/h6-8,10,16H,2-5,9H2,1H3/i1D. The number of rotatable bonds is 5. The van der Waals surface area contributed by atoms with E-state index in [2.05, 4.69) is 0 Å². The Bertz CT molecular complexity index is 604. The molecule has 96 valence electrons. The van der Waals surface area contributed by atoms with Gasteiger partial charge in [0, 0.05) is 1.37 Å². The Morgan fingerprint density at radius 2 is 2.11 bits per heavy atom. The highest BCUT2D eigenvalue weighted by molar-refractivity contribution is 5.83. The summed E-state index contributed by atoms with van der Waals surface area (Å²) < 4.78 is 12.3. The van der Waals surface area contributed by atoms with Gasteiger partial charge >= 0.3 is 5.63 Å². The van der Waals surface area contributed by atoms with Crippen molar-refractivity contribution in [2.75, 3.05) is 0 Å². The third kappa shape index (κ3) is 2.55. The van der Waals surface area contributed by atoms with Crippen molar-refractivity contribution in [1.82, 2.24) is 0 Å². The Kier molecular flexibility index (Phi) is 3.60. The number of hydrogen-bond donors (Lipinski definition) is 1. The lowest BCUT2D eigenvalue weighted by Gasteiger charge is -2.05. The normalized spacial score (nSPS) is 11.7. The molecule has 0 radical (unpaired) electrons. The van der Waals surface area contributed by atoms with Crippen LogP contribution in [-0.4, -0.2) is 5.11 Å². The molecule has 0 atom stereocenters. The molecule has 0 spiro atoms. The molecule has 0 fully saturated rings. The average molecular weight is 247 g/mol. The molecule has 1 aromatic heterocycles. The van der Waals surface area contributed by atoms with Crippen LogP contribution in [0.2, 0.25) is 0 Å². The zero-order valence-electron chi connectivity index (χ0n) is 11.3. The molecule has 0 unspecified atom stereocenters. The van der Waals surface area contributed by atoms with Gasteiger partial charge in [-0.15, -0.1) is 0 Å². The first-order valence-corrected chi connectivity index (χ1v) is 6.27. The lowest BCUT2D eigenvalue weighted by Crippen LogP contribution is -2.07. The minimum absolute atomic E-state index is 0.0485. The lowest BCUT2D eigenvalue weighted by atomic mass is 10.1. The van der Waals surface area contributed by atoms with Gasteiger partial charge in [-0.25, -0.2) is 4.79 Å². The summed E-state index contributed by atoms with van der Waals surface area (Å²) in [5, 5.41) is 10.7. The molecule has 0 saturated carbocycles. The van der Waals surface area contributed by atoms with E-state index in [0.29, 0.717) is 29.9 Å². The molecule has 18 heavy (non-hydrogen) atoms. The number of hydrogen-bond acceptors (Lipinski definition) is 3. The number of benzene rings is 1. The van der Waals surface area contributed by atoms with Crippen molar-refractivity contribution in [1.29, 1.82) is 0 Å². The summed E-state index contributed by atoms with van der Waals surface area (Å²) in [5.74, 6) is 0.0485. The molecule has 0 aliphatic rings. The summed E-state index contributed by atoms with van der Waals surface area (Å²) in [5.41, 5.74) is 0.337. The van der Waals surface area contributed by atoms with Crippen molar-refractivity contribution in [2.24, 2.45) is 0 Å². The molecule has 1 heterocycles. The molecule has 1 N–H and O–H groups in total. The van der Waals surface area contributed by atoms with E-state index in [0.717, 1.165) is 25.7 Å². The molecule has 0 bridgehead atoms. The Morgan fingerprint density at radius 3 is 2.94 bits per heavy atom. The summed E-state index contributed by atoms with van der Waals surface area (Å²) in [6.45, 7) is 0.448. The van der Waals surface area contributed by atoms with Crippen molar-refractivity contribution in [3.63, 3.8) is 0 Å². The second kappa shape index (κ2) is 5.71. The van der Waals surface area contributed by atoms with E-state index in [4.69, 9.17) is 5.79 Å². The van der Waals surface area contributed by atoms with Crippen LogP contribution in [0.25, 0.3) is 11.0 Å². The fraction of sp³-hybridized carbons (Fsp3) is 0.400. The zero-order valence-corrected chi connectivity index (χ0v) is 10.3. The molecule has 0 saturated heterocycles. The molecular formula is C15H18O3. The first kappa shape index (κ1) is 11.3. The quantitative estimate of drug-likeness (QED) is 0.648. The van der Waals surface area contributed by atoms with Crippen LogP contribution in [0, 0.1) is 0 Å². The third-order valence-corrected chi connectivity index (χ3v) is 3.05. The van der Waals surface area contributed by atoms with Crippen LogP contribution in [0.15, 0.2) is 33.5 Å². The van der Waals surface area contributed by atoms with Crippen molar-refractivity contribution >= 4 is 11.0 Å². The van der Waals surface area contributed by atoms with Crippen LogP contribution in [0.1, 0.15) is 39.5 Å². The van der Waals surface area contributed by atoms with E-state index in [1.54, 1.807) is 24.3 Å². The van der Waals surface area contributed by atoms with Gasteiger partial charge < -0.3 is 9.52 Å². The van der Waals surface area contributed by atoms with E-state index < -0.39 is 5.63 Å². The van der Waals surface area contributed by atoms with Crippen LogP contribution in [0.4, 0.5) is 0 Å². The van der Waals surface area contributed by atoms with Crippen molar-refractivity contribution in [3.8, 4) is 5.75 Å². The highest BCUT2D eigenvalue weighted by Gasteiger charge is 2.12. The molecule has 0 aliphatic carbocycles. The van der Waals surface area contributed by atoms with Gasteiger partial charge in [0.15, 0.2) is 0 Å². The zero-order chi connectivity index (χ0) is 13.7. The smallest absolute Gasteiger partial charge is 0.343 e. The van der Waals surface area contributed by atoms with E-state index >= 15 is 0 Å². The van der Waals surface area contributed by atoms with Gasteiger partial charge in [0.25, 0.3) is 0 Å². The summed E-state index contributed by atoms with van der Waals surface area (Å²) in [4.78, 5) is 11.8. The van der Waals surface area contributed by atoms with E-state index in [9.17, 15) is 9.90 Å². The summed E-state index contributed by atoms with van der Waals surface area (Å²) in [6.07, 6.45) is 4.19. The van der Waals surface area contributed by atoms with Gasteiger partial charge in [0.05, 0.1) is 10.9 Å². The maximum atomic E-state index is 11.8. The highest BCUT2D eigenvalue weighted by atomic mass is 16.4. The molecule has 0 aliphatic heterocycles. The molecule has 0 amide bonds. The fourth-order valence-corrected chi connectivity index (χ4v) is 2.05. The Labute approximate surface area is 107 Å². The molecule has 3 heteroatoms. The third-order valence-electron chi connectivity index (χ3n) is 3.05. The topological polar surface area (TPSA) is 50.4 Å². The molecule has 3 nitrogen and oxygen atoms in total. The largest absolute Gasteiger partial charge is 0.507 e. The second-order valence-electron chi connectivity index (χ2n) is 4.38. The van der Waals surface area contributed by atoms with E-state index in [-0.39, 0.29) is 5.75 Å². The van der Waals surface area contributed by atoms with Gasteiger partial charge in [0.1, 0.15) is 11.3 Å². The first-order valence-electron chi connectivity index (χ1n) is 6.97. The van der Waals surface area contributed by atoms with Crippen LogP contribution < -0.4 is 5.63 Å². The van der Waals surface area contributed by atoms with Crippen molar-refractivity contribution in [2.45, 2.75) is 39.0 Å². The maximum absolute atomic E-state index is 11.8. The molecular weight excluding hydrogens is 228 g/mol. The van der Waals surface area contributed by atoms with Gasteiger partial charge in [-0.1, -0.05) is 38.3 Å². The van der Waals surface area contributed by atoms with Gasteiger partial charge in [-0.3, -0.25) is 0 Å². The predicted molar refractivity (Wildman–Crippen MR) is 72.0 cm³/mol. The minimum Gasteiger partial charge on any atom is -0.507 e. The Morgan fingerprint density at radius 1 is 1.28 bits per heavy atom. The van der Waals surface area contributed by atoms with Crippen LogP contribution in [0.3, 0.4) is 0 Å². The SMILES string of the molecule is [2H]CCCCCCc1c(O)c2ccccc2oc1=O. The molecule has 2 aromatic rings. The summed E-state index contributed by atoms with van der Waals surface area (Å²) in [6, 6.07) is 7.00. The van der Waals surface area contributed by atoms with Gasteiger partial charge in [-0.05, 0) is 25.0 Å². The van der Waals surface area contributed by atoms with Gasteiger partial charge in [-0.2, -0.15) is 0 Å². The Hall–Kier alpha value is -1.77. The van der Waals surface area contributed by atoms with Crippen LogP contribution in [0.5, 0.6) is 5.75 Å². The monoisotopic (exact) mass is 247 g/mol. The van der Waals surface area contributed by atoms with Crippen molar-refractivity contribution < 1.29 is 10.9 Å². The first-order chi connectivity index (χ1) is 9.24. The number of unbranched alkanes of at least 4 members (excludes halogenated alkanes) is 3. The predicted octanol–water partition coefficient (Wildman–Crippen LogP) is 3.62. The van der Waals surface area contributed by atoms with E-state index in [1.165, 1.54) is 0 Å². The fourth-order valence-electron chi connectivity index (χ4n) is 2.05. The highest BCUT2D eigenvalue weighted by Crippen LogP contribution is 2.26. The summed E-state index contributed by atoms with van der Waals surface area (Å²) in [7, 11) is 0. The molecule has 2 rings (SSSR count). The number of fused-ring (bicyclic) bond motifs is 1. The number of para-hydroxylation sites is 1. The van der Waals surface area contributed by atoms with Crippen LogP contribution >= 0.6 is 0 Å². The summed E-state index contributed by atoms with van der Waals surface area (Å²) >= 11 is 0. The lowest BCUT2D eigenvalue weighted by molar-refractivity contribution is 0.454. The maximum Gasteiger partial charge on any atom is 0.343 e. The van der Waals surface area contributed by atoms with E-state index in [1.807, 2.05) is 0 Å².